The Morgan fingerprint density at radius 2 is 2.33 bits per heavy atom. The van der Waals surface area contributed by atoms with Gasteiger partial charge in [-0.05, 0) is 19.8 Å². The molecule has 5 nitrogen and oxygen atoms in total. The van der Waals surface area contributed by atoms with Gasteiger partial charge in [0.25, 0.3) is 0 Å². The average molecular weight is 229 g/mol. The summed E-state index contributed by atoms with van der Waals surface area (Å²) in [4.78, 5) is 13.3. The third-order valence-corrected chi connectivity index (χ3v) is 2.12. The molecule has 1 saturated carbocycles. The lowest BCUT2D eigenvalue weighted by Crippen LogP contribution is -2.08. The lowest BCUT2D eigenvalue weighted by Gasteiger charge is -2.07. The minimum atomic E-state index is 0.398. The molecule has 0 radical (unpaired) electrons. The standard InChI is InChI=1S/C9H13ClN4O/c1-2-15-14-8-5-7(10)12-9(13-8)11-6-3-4-6/h5-6H,2-4H2,1H3,(H2,11,12,13,14). The Bertz CT molecular complexity index is 343. The fourth-order valence-corrected chi connectivity index (χ4v) is 1.27. The predicted octanol–water partition coefficient (Wildman–Crippen LogP) is 2.07. The van der Waals surface area contributed by atoms with E-state index in [2.05, 4.69) is 20.8 Å². The van der Waals surface area contributed by atoms with Crippen molar-refractivity contribution in [2.24, 2.45) is 0 Å². The van der Waals surface area contributed by atoms with E-state index in [9.17, 15) is 0 Å². The first-order valence-electron chi connectivity index (χ1n) is 4.97. The second-order valence-electron chi connectivity index (χ2n) is 3.35. The summed E-state index contributed by atoms with van der Waals surface area (Å²) >= 11 is 5.85. The van der Waals surface area contributed by atoms with Gasteiger partial charge < -0.3 is 5.32 Å². The molecule has 2 rings (SSSR count). The van der Waals surface area contributed by atoms with Gasteiger partial charge in [0.2, 0.25) is 5.95 Å². The molecular formula is C9H13ClN4O. The fourth-order valence-electron chi connectivity index (χ4n) is 1.09. The third kappa shape index (κ3) is 3.21. The Morgan fingerprint density at radius 1 is 1.53 bits per heavy atom. The van der Waals surface area contributed by atoms with Crippen LogP contribution < -0.4 is 10.8 Å². The topological polar surface area (TPSA) is 59.1 Å². The highest BCUT2D eigenvalue weighted by Crippen LogP contribution is 2.24. The molecular weight excluding hydrogens is 216 g/mol. The van der Waals surface area contributed by atoms with Crippen molar-refractivity contribution in [1.82, 2.24) is 9.97 Å². The summed E-state index contributed by atoms with van der Waals surface area (Å²) in [7, 11) is 0. The number of aromatic nitrogens is 2. The van der Waals surface area contributed by atoms with Crippen LogP contribution in [0.2, 0.25) is 5.15 Å². The zero-order valence-electron chi connectivity index (χ0n) is 8.46. The van der Waals surface area contributed by atoms with E-state index in [-0.39, 0.29) is 0 Å². The predicted molar refractivity (Wildman–Crippen MR) is 58.9 cm³/mol. The normalized spacial score (nSPS) is 15.1. The van der Waals surface area contributed by atoms with Gasteiger partial charge >= 0.3 is 0 Å². The molecule has 0 unspecified atom stereocenters. The van der Waals surface area contributed by atoms with Crippen LogP contribution >= 0.6 is 11.6 Å². The van der Waals surface area contributed by atoms with E-state index in [0.29, 0.717) is 29.6 Å². The van der Waals surface area contributed by atoms with Gasteiger partial charge in [-0.15, -0.1) is 0 Å². The van der Waals surface area contributed by atoms with Crippen LogP contribution in [0.4, 0.5) is 11.8 Å². The van der Waals surface area contributed by atoms with Crippen molar-refractivity contribution in [3.63, 3.8) is 0 Å². The Balaban J connectivity index is 2.05. The van der Waals surface area contributed by atoms with Crippen molar-refractivity contribution in [1.29, 1.82) is 0 Å². The maximum Gasteiger partial charge on any atom is 0.226 e. The van der Waals surface area contributed by atoms with Gasteiger partial charge in [-0.3, -0.25) is 4.84 Å². The van der Waals surface area contributed by atoms with E-state index in [0.717, 1.165) is 0 Å². The summed E-state index contributed by atoms with van der Waals surface area (Å²) in [6, 6.07) is 2.12. The first-order chi connectivity index (χ1) is 7.28. The van der Waals surface area contributed by atoms with Crippen molar-refractivity contribution in [3.05, 3.63) is 11.2 Å². The molecule has 0 spiro atoms. The van der Waals surface area contributed by atoms with Gasteiger partial charge in [-0.2, -0.15) is 4.98 Å². The Kier molecular flexibility index (Phi) is 3.23. The minimum Gasteiger partial charge on any atom is -0.351 e. The first-order valence-corrected chi connectivity index (χ1v) is 5.34. The second kappa shape index (κ2) is 4.63. The first kappa shape index (κ1) is 10.4. The largest absolute Gasteiger partial charge is 0.351 e. The summed E-state index contributed by atoms with van der Waals surface area (Å²) in [5.41, 5.74) is 2.69. The quantitative estimate of drug-likeness (QED) is 0.597. The van der Waals surface area contributed by atoms with Gasteiger partial charge in [-0.25, -0.2) is 10.5 Å². The van der Waals surface area contributed by atoms with E-state index in [1.165, 1.54) is 12.8 Å². The summed E-state index contributed by atoms with van der Waals surface area (Å²) < 4.78 is 0. The monoisotopic (exact) mass is 228 g/mol. The molecule has 0 amide bonds. The van der Waals surface area contributed by atoms with E-state index < -0.39 is 0 Å². The van der Waals surface area contributed by atoms with E-state index in [4.69, 9.17) is 16.4 Å². The van der Waals surface area contributed by atoms with Gasteiger partial charge in [0.15, 0.2) is 5.82 Å². The summed E-state index contributed by atoms with van der Waals surface area (Å²) in [5, 5.41) is 3.57. The number of nitrogens with zero attached hydrogens (tertiary/aromatic N) is 2. The van der Waals surface area contributed by atoms with Crippen LogP contribution in [0.25, 0.3) is 0 Å². The molecule has 1 aliphatic carbocycles. The molecule has 1 heterocycles. The average Bonchev–Trinajstić information content (AvgIpc) is 2.98. The van der Waals surface area contributed by atoms with Crippen molar-refractivity contribution in [2.75, 3.05) is 17.4 Å². The molecule has 1 fully saturated rings. The van der Waals surface area contributed by atoms with Crippen LogP contribution in [0.1, 0.15) is 19.8 Å². The molecule has 82 valence electrons. The van der Waals surface area contributed by atoms with Crippen LogP contribution in [0.15, 0.2) is 6.07 Å². The highest BCUT2D eigenvalue weighted by Gasteiger charge is 2.22. The van der Waals surface area contributed by atoms with Gasteiger partial charge in [0, 0.05) is 12.1 Å². The molecule has 0 aromatic carbocycles. The molecule has 0 saturated heterocycles. The minimum absolute atomic E-state index is 0.398. The zero-order chi connectivity index (χ0) is 10.7. The van der Waals surface area contributed by atoms with Crippen molar-refractivity contribution in [3.8, 4) is 0 Å². The summed E-state index contributed by atoms with van der Waals surface area (Å²) in [6.07, 6.45) is 2.34. The molecule has 6 heteroatoms. The molecule has 15 heavy (non-hydrogen) atoms. The zero-order valence-corrected chi connectivity index (χ0v) is 9.21. The SMILES string of the molecule is CCONc1cc(Cl)nc(NC2CC2)n1. The van der Waals surface area contributed by atoms with Crippen LogP contribution in [-0.4, -0.2) is 22.6 Å². The lowest BCUT2D eigenvalue weighted by molar-refractivity contribution is 0.209. The highest BCUT2D eigenvalue weighted by molar-refractivity contribution is 6.29. The van der Waals surface area contributed by atoms with Gasteiger partial charge in [0.1, 0.15) is 5.15 Å². The van der Waals surface area contributed by atoms with Crippen LogP contribution in [0.3, 0.4) is 0 Å². The number of hydrogen-bond acceptors (Lipinski definition) is 5. The number of hydrogen-bond donors (Lipinski definition) is 2. The van der Waals surface area contributed by atoms with Crippen molar-refractivity contribution < 1.29 is 4.84 Å². The van der Waals surface area contributed by atoms with E-state index in [1.54, 1.807) is 6.07 Å². The maximum atomic E-state index is 5.85. The second-order valence-corrected chi connectivity index (χ2v) is 3.74. The molecule has 1 aliphatic rings. The van der Waals surface area contributed by atoms with Crippen molar-refractivity contribution >= 4 is 23.4 Å². The maximum absolute atomic E-state index is 5.85. The van der Waals surface area contributed by atoms with Crippen LogP contribution in [0.5, 0.6) is 0 Å². The molecule has 0 atom stereocenters. The Morgan fingerprint density at radius 3 is 3.00 bits per heavy atom. The van der Waals surface area contributed by atoms with Gasteiger partial charge in [0.05, 0.1) is 6.61 Å². The molecule has 0 aliphatic heterocycles. The van der Waals surface area contributed by atoms with Crippen molar-refractivity contribution in [2.45, 2.75) is 25.8 Å². The highest BCUT2D eigenvalue weighted by atomic mass is 35.5. The van der Waals surface area contributed by atoms with Crippen LogP contribution in [0, 0.1) is 0 Å². The fraction of sp³-hybridized carbons (Fsp3) is 0.556. The van der Waals surface area contributed by atoms with Crippen LogP contribution in [-0.2, 0) is 4.84 Å². The smallest absolute Gasteiger partial charge is 0.226 e. The number of nitrogens with one attached hydrogen (secondary N) is 2. The number of anilines is 2. The van der Waals surface area contributed by atoms with E-state index in [1.807, 2.05) is 6.92 Å². The Labute approximate surface area is 93.2 Å². The van der Waals surface area contributed by atoms with Gasteiger partial charge in [-0.1, -0.05) is 11.6 Å². The Hall–Kier alpha value is -1.07. The number of halogens is 1. The third-order valence-electron chi connectivity index (χ3n) is 1.93. The molecule has 2 N–H and O–H groups in total. The number of rotatable bonds is 5. The van der Waals surface area contributed by atoms with E-state index >= 15 is 0 Å². The molecule has 1 aromatic heterocycles. The molecule has 0 bridgehead atoms. The lowest BCUT2D eigenvalue weighted by atomic mass is 10.6. The summed E-state index contributed by atoms with van der Waals surface area (Å²) in [6.45, 7) is 2.45. The molecule has 1 aromatic rings. The summed E-state index contributed by atoms with van der Waals surface area (Å²) in [5.74, 6) is 1.12.